The van der Waals surface area contributed by atoms with Gasteiger partial charge < -0.3 is 10.0 Å². The van der Waals surface area contributed by atoms with Gasteiger partial charge in [-0.15, -0.1) is 0 Å². The number of ketones is 1. The predicted molar refractivity (Wildman–Crippen MR) is 137 cm³/mol. The van der Waals surface area contributed by atoms with Gasteiger partial charge in [0.1, 0.15) is 0 Å². The molecule has 5 rings (SSSR count). The van der Waals surface area contributed by atoms with Crippen molar-refractivity contribution in [3.8, 4) is 0 Å². The second kappa shape index (κ2) is 9.80. The Kier molecular flexibility index (Phi) is 7.02. The maximum atomic E-state index is 14.3. The lowest BCUT2D eigenvalue weighted by Crippen LogP contribution is -2.44. The number of carbonyl (C=O) groups is 3. The van der Waals surface area contributed by atoms with Gasteiger partial charge in [0.15, 0.2) is 11.5 Å². The Bertz CT molecular complexity index is 1300. The summed E-state index contributed by atoms with van der Waals surface area (Å²) < 4.78 is 43.8. The van der Waals surface area contributed by atoms with E-state index in [0.717, 1.165) is 10.9 Å². The molecule has 1 aromatic heterocycles. The fourth-order valence-electron chi connectivity index (χ4n) is 6.64. The smallest absolute Gasteiger partial charge is 0.433 e. The van der Waals surface area contributed by atoms with E-state index in [-0.39, 0.29) is 46.2 Å². The molecule has 7 nitrogen and oxygen atoms in total. The molecule has 3 saturated carbocycles. The van der Waals surface area contributed by atoms with Gasteiger partial charge in [0, 0.05) is 12.5 Å². The van der Waals surface area contributed by atoms with Crippen LogP contribution in [-0.4, -0.2) is 50.0 Å². The number of carboxylic acid groups (broad SMARTS) is 1. The van der Waals surface area contributed by atoms with Gasteiger partial charge in [-0.25, -0.2) is 0 Å². The van der Waals surface area contributed by atoms with E-state index >= 15 is 0 Å². The van der Waals surface area contributed by atoms with Crippen LogP contribution in [0.4, 0.5) is 13.2 Å². The maximum Gasteiger partial charge on any atom is 0.433 e. The molecule has 0 aliphatic heterocycles. The van der Waals surface area contributed by atoms with Crippen LogP contribution in [0.15, 0.2) is 24.4 Å². The highest BCUT2D eigenvalue weighted by Gasteiger charge is 2.63. The molecule has 1 heterocycles. The Hall–Kier alpha value is -2.59. The molecule has 3 aliphatic carbocycles. The van der Waals surface area contributed by atoms with Crippen LogP contribution in [0, 0.1) is 23.2 Å². The van der Waals surface area contributed by atoms with Crippen molar-refractivity contribution >= 4 is 40.9 Å². The SMILES string of the molecule is CC1(C)[C@@H]2CC(N(CC(=O)c3c(Cl)cccc3Cl)C(=O)c3cnn(C4CC(CC(=O)O)C4)c3C(F)(F)F)C[C@@H]21. The van der Waals surface area contributed by atoms with Crippen molar-refractivity contribution in [1.82, 2.24) is 14.7 Å². The number of alkyl halides is 3. The van der Waals surface area contributed by atoms with Gasteiger partial charge in [-0.2, -0.15) is 18.3 Å². The Balaban J connectivity index is 1.46. The first kappa shape index (κ1) is 28.0. The van der Waals surface area contributed by atoms with Crippen molar-refractivity contribution in [2.75, 3.05) is 6.54 Å². The fraction of sp³-hybridized carbons (Fsp3) is 0.556. The Morgan fingerprint density at radius 2 is 1.69 bits per heavy atom. The molecule has 0 saturated heterocycles. The highest BCUT2D eigenvalue weighted by molar-refractivity contribution is 6.40. The number of carboxylic acids is 1. The van der Waals surface area contributed by atoms with Crippen molar-refractivity contribution in [2.24, 2.45) is 23.2 Å². The lowest BCUT2D eigenvalue weighted by atomic mass is 9.78. The van der Waals surface area contributed by atoms with Gasteiger partial charge in [0.25, 0.3) is 5.91 Å². The van der Waals surface area contributed by atoms with Crippen molar-refractivity contribution in [3.63, 3.8) is 0 Å². The topological polar surface area (TPSA) is 92.5 Å². The number of hydrogen-bond acceptors (Lipinski definition) is 4. The number of fused-ring (bicyclic) bond motifs is 1. The number of benzene rings is 1. The lowest BCUT2D eigenvalue weighted by Gasteiger charge is -2.36. The number of nitrogens with zero attached hydrogens (tertiary/aromatic N) is 3. The van der Waals surface area contributed by atoms with Gasteiger partial charge >= 0.3 is 12.1 Å². The summed E-state index contributed by atoms with van der Waals surface area (Å²) in [6, 6.07) is 3.47. The minimum absolute atomic E-state index is 0.0211. The third kappa shape index (κ3) is 5.06. The summed E-state index contributed by atoms with van der Waals surface area (Å²) in [5.41, 5.74) is -1.68. The molecule has 3 fully saturated rings. The zero-order valence-electron chi connectivity index (χ0n) is 21.3. The minimum atomic E-state index is -4.89. The maximum absolute atomic E-state index is 14.3. The molecule has 1 aromatic carbocycles. The first-order chi connectivity index (χ1) is 18.2. The molecular weight excluding hydrogens is 558 g/mol. The highest BCUT2D eigenvalue weighted by atomic mass is 35.5. The molecule has 1 amide bonds. The Morgan fingerprint density at radius 1 is 1.10 bits per heavy atom. The number of aliphatic carboxylic acids is 1. The van der Waals surface area contributed by atoms with E-state index in [1.807, 2.05) is 0 Å². The molecule has 1 unspecified atom stereocenters. The zero-order chi connectivity index (χ0) is 28.4. The number of Topliss-reactive ketones (excluding diaryl/α,β-unsaturated/α-hetero) is 1. The number of amides is 1. The standard InChI is InChI=1S/C27H28Cl2F3N3O4/c1-26(2)17-9-14(10-18(17)26)34(12-21(36)23-19(28)4-3-5-20(23)29)25(39)16-11-33-35(24(16)27(30,31)32)15-6-13(7-15)8-22(37)38/h3-5,11,13-15,17-18H,6-10,12H2,1-2H3,(H,37,38)/t13?,14?,15?,17-,18+. The van der Waals surface area contributed by atoms with Gasteiger partial charge in [0.2, 0.25) is 0 Å². The van der Waals surface area contributed by atoms with Crippen LogP contribution >= 0.6 is 23.2 Å². The van der Waals surface area contributed by atoms with Crippen molar-refractivity contribution < 1.29 is 32.7 Å². The molecular formula is C27H28Cl2F3N3O4. The van der Waals surface area contributed by atoms with Gasteiger partial charge in [-0.05, 0) is 61.0 Å². The monoisotopic (exact) mass is 585 g/mol. The molecule has 12 heteroatoms. The van der Waals surface area contributed by atoms with E-state index in [4.69, 9.17) is 28.3 Å². The molecule has 0 bridgehead atoms. The molecule has 39 heavy (non-hydrogen) atoms. The molecule has 3 aliphatic rings. The molecule has 1 N–H and O–H groups in total. The third-order valence-corrected chi connectivity index (χ3v) is 9.54. The molecule has 2 aromatic rings. The van der Waals surface area contributed by atoms with E-state index in [9.17, 15) is 27.6 Å². The van der Waals surface area contributed by atoms with E-state index in [2.05, 4.69) is 18.9 Å². The molecule has 0 spiro atoms. The highest BCUT2D eigenvalue weighted by Crippen LogP contribution is 2.67. The second-order valence-electron chi connectivity index (χ2n) is 11.6. The van der Waals surface area contributed by atoms with E-state index in [1.165, 1.54) is 17.0 Å². The van der Waals surface area contributed by atoms with E-state index in [1.54, 1.807) is 6.07 Å². The minimum Gasteiger partial charge on any atom is -0.481 e. The first-order valence-electron chi connectivity index (χ1n) is 12.8. The van der Waals surface area contributed by atoms with Crippen LogP contribution in [-0.2, 0) is 11.0 Å². The number of aromatic nitrogens is 2. The predicted octanol–water partition coefficient (Wildman–Crippen LogP) is 6.39. The number of halogens is 5. The third-order valence-electron chi connectivity index (χ3n) is 8.91. The largest absolute Gasteiger partial charge is 0.481 e. The number of rotatable bonds is 8. The molecule has 3 atom stereocenters. The van der Waals surface area contributed by atoms with Crippen molar-refractivity contribution in [3.05, 3.63) is 51.3 Å². The summed E-state index contributed by atoms with van der Waals surface area (Å²) in [7, 11) is 0. The summed E-state index contributed by atoms with van der Waals surface area (Å²) in [6.45, 7) is 3.78. The fourth-order valence-corrected chi connectivity index (χ4v) is 7.25. The Morgan fingerprint density at radius 3 is 2.23 bits per heavy atom. The van der Waals surface area contributed by atoms with Crippen LogP contribution in [0.1, 0.15) is 78.4 Å². The summed E-state index contributed by atoms with van der Waals surface area (Å²) in [5, 5.41) is 13.1. The van der Waals surface area contributed by atoms with Crippen molar-refractivity contribution in [2.45, 2.75) is 64.2 Å². The normalized spacial score (nSPS) is 27.0. The average Bonchev–Trinajstić information content (AvgIpc) is 3.23. The summed E-state index contributed by atoms with van der Waals surface area (Å²) >= 11 is 12.4. The molecule has 210 valence electrons. The second-order valence-corrected chi connectivity index (χ2v) is 12.4. The van der Waals surface area contributed by atoms with Crippen LogP contribution in [0.5, 0.6) is 0 Å². The quantitative estimate of drug-likeness (QED) is 0.362. The van der Waals surface area contributed by atoms with E-state index < -0.39 is 53.7 Å². The van der Waals surface area contributed by atoms with Gasteiger partial charge in [0.05, 0.1) is 40.0 Å². The summed E-state index contributed by atoms with van der Waals surface area (Å²) in [5.74, 6) is -2.10. The van der Waals surface area contributed by atoms with Gasteiger partial charge in [-0.3, -0.25) is 19.1 Å². The van der Waals surface area contributed by atoms with E-state index in [0.29, 0.717) is 24.7 Å². The number of hydrogen-bond donors (Lipinski definition) is 1. The van der Waals surface area contributed by atoms with Crippen molar-refractivity contribution in [1.29, 1.82) is 0 Å². The molecule has 0 radical (unpaired) electrons. The summed E-state index contributed by atoms with van der Waals surface area (Å²) in [6.07, 6.45) is -2.50. The lowest BCUT2D eigenvalue weighted by molar-refractivity contribution is -0.147. The summed E-state index contributed by atoms with van der Waals surface area (Å²) in [4.78, 5) is 39.4. The van der Waals surface area contributed by atoms with Crippen LogP contribution in [0.2, 0.25) is 10.0 Å². The first-order valence-corrected chi connectivity index (χ1v) is 13.6. The van der Waals surface area contributed by atoms with Crippen LogP contribution in [0.3, 0.4) is 0 Å². The zero-order valence-corrected chi connectivity index (χ0v) is 22.9. The Labute approximate surface area is 233 Å². The average molecular weight is 586 g/mol. The van der Waals surface area contributed by atoms with Crippen LogP contribution < -0.4 is 0 Å². The number of carbonyl (C=O) groups excluding carboxylic acids is 2. The van der Waals surface area contributed by atoms with Gasteiger partial charge in [-0.1, -0.05) is 43.1 Å². The van der Waals surface area contributed by atoms with Crippen LogP contribution in [0.25, 0.3) is 0 Å².